The number of ether oxygens (including phenoxy) is 3. The first-order chi connectivity index (χ1) is 13.5. The number of fused-ring (bicyclic) bond motifs is 1. The number of para-hydroxylation sites is 1. The molecule has 2 aromatic rings. The number of hydrogen-bond acceptors (Lipinski definition) is 5. The van der Waals surface area contributed by atoms with E-state index in [1.165, 1.54) is 7.11 Å². The Morgan fingerprint density at radius 3 is 2.50 bits per heavy atom. The predicted molar refractivity (Wildman–Crippen MR) is 102 cm³/mol. The van der Waals surface area contributed by atoms with Crippen LogP contribution in [0.2, 0.25) is 0 Å². The van der Waals surface area contributed by atoms with Crippen molar-refractivity contribution in [1.29, 1.82) is 0 Å². The first-order valence-electron chi connectivity index (χ1n) is 9.17. The Bertz CT molecular complexity index is 919. The standard InChI is InChI=1S/C21H22N2O5/c1-26-17-8-7-14(13-18(17)27-2)20(25)23-11-9-21(10-12-23)22-19(24)15-5-3-4-6-16(15)28-21/h3-8,13H,9-12H2,1-2H3,(H,22,24). The van der Waals surface area contributed by atoms with E-state index in [1.54, 1.807) is 42.3 Å². The molecule has 0 bridgehead atoms. The summed E-state index contributed by atoms with van der Waals surface area (Å²) in [6.07, 6.45) is 1.04. The Balaban J connectivity index is 1.47. The molecule has 1 spiro atoms. The van der Waals surface area contributed by atoms with Gasteiger partial charge in [-0.15, -0.1) is 0 Å². The topological polar surface area (TPSA) is 77.1 Å². The molecule has 146 valence electrons. The molecule has 1 N–H and O–H groups in total. The molecular formula is C21H22N2O5. The lowest BCUT2D eigenvalue weighted by molar-refractivity contribution is -0.0245. The summed E-state index contributed by atoms with van der Waals surface area (Å²) in [5.74, 6) is 1.46. The maximum atomic E-state index is 12.9. The first-order valence-corrected chi connectivity index (χ1v) is 9.17. The minimum Gasteiger partial charge on any atom is -0.493 e. The highest BCUT2D eigenvalue weighted by atomic mass is 16.5. The number of amides is 2. The third-order valence-electron chi connectivity index (χ3n) is 5.27. The van der Waals surface area contributed by atoms with Crippen LogP contribution < -0.4 is 19.5 Å². The Kier molecular flexibility index (Phi) is 4.58. The van der Waals surface area contributed by atoms with Crippen molar-refractivity contribution in [2.45, 2.75) is 18.6 Å². The number of nitrogens with one attached hydrogen (secondary N) is 1. The van der Waals surface area contributed by atoms with Gasteiger partial charge in [0, 0.05) is 31.5 Å². The van der Waals surface area contributed by atoms with Crippen LogP contribution in [0.1, 0.15) is 33.6 Å². The van der Waals surface area contributed by atoms with Crippen LogP contribution >= 0.6 is 0 Å². The van der Waals surface area contributed by atoms with Gasteiger partial charge in [-0.1, -0.05) is 12.1 Å². The van der Waals surface area contributed by atoms with Crippen molar-refractivity contribution in [3.8, 4) is 17.2 Å². The van der Waals surface area contributed by atoms with Crippen LogP contribution in [0.15, 0.2) is 42.5 Å². The lowest BCUT2D eigenvalue weighted by Gasteiger charge is -2.44. The predicted octanol–water partition coefficient (Wildman–Crippen LogP) is 2.46. The SMILES string of the molecule is COc1ccc(C(=O)N2CCC3(CC2)NC(=O)c2ccccc2O3)cc1OC. The third kappa shape index (κ3) is 3.13. The smallest absolute Gasteiger partial charge is 0.258 e. The molecule has 0 aliphatic carbocycles. The van der Waals surface area contributed by atoms with E-state index < -0.39 is 5.72 Å². The number of piperidine rings is 1. The number of methoxy groups -OCH3 is 2. The number of rotatable bonds is 3. The van der Waals surface area contributed by atoms with E-state index in [-0.39, 0.29) is 11.8 Å². The van der Waals surface area contributed by atoms with E-state index in [1.807, 2.05) is 12.1 Å². The van der Waals surface area contributed by atoms with Crippen LogP contribution in [0.5, 0.6) is 17.2 Å². The number of carbonyl (C=O) groups is 2. The van der Waals surface area contributed by atoms with Crippen molar-refractivity contribution in [3.63, 3.8) is 0 Å². The Morgan fingerprint density at radius 1 is 1.07 bits per heavy atom. The average Bonchev–Trinajstić information content (AvgIpc) is 2.73. The van der Waals surface area contributed by atoms with Gasteiger partial charge in [0.05, 0.1) is 19.8 Å². The molecule has 4 rings (SSSR count). The van der Waals surface area contributed by atoms with Gasteiger partial charge in [-0.2, -0.15) is 0 Å². The molecule has 0 radical (unpaired) electrons. The molecule has 2 amide bonds. The van der Waals surface area contributed by atoms with Gasteiger partial charge in [0.2, 0.25) is 0 Å². The molecule has 0 unspecified atom stereocenters. The summed E-state index contributed by atoms with van der Waals surface area (Å²) in [5, 5.41) is 2.98. The highest BCUT2D eigenvalue weighted by Crippen LogP contribution is 2.34. The first kappa shape index (κ1) is 18.2. The lowest BCUT2D eigenvalue weighted by Crippen LogP contribution is -2.61. The van der Waals surface area contributed by atoms with E-state index in [4.69, 9.17) is 14.2 Å². The number of hydrogen-bond donors (Lipinski definition) is 1. The second-order valence-electron chi connectivity index (χ2n) is 6.91. The van der Waals surface area contributed by atoms with Crippen molar-refractivity contribution in [2.24, 2.45) is 0 Å². The van der Waals surface area contributed by atoms with Gasteiger partial charge in [-0.3, -0.25) is 9.59 Å². The van der Waals surface area contributed by atoms with Crippen LogP contribution in [0, 0.1) is 0 Å². The van der Waals surface area contributed by atoms with Crippen molar-refractivity contribution in [2.75, 3.05) is 27.3 Å². The Morgan fingerprint density at radius 2 is 1.79 bits per heavy atom. The van der Waals surface area contributed by atoms with E-state index >= 15 is 0 Å². The highest BCUT2D eigenvalue weighted by Gasteiger charge is 2.43. The summed E-state index contributed by atoms with van der Waals surface area (Å²) in [6, 6.07) is 12.3. The van der Waals surface area contributed by atoms with Crippen LogP contribution in [0.3, 0.4) is 0 Å². The van der Waals surface area contributed by atoms with Crippen molar-refractivity contribution >= 4 is 11.8 Å². The Labute approximate surface area is 163 Å². The van der Waals surface area contributed by atoms with Crippen molar-refractivity contribution in [1.82, 2.24) is 10.2 Å². The summed E-state index contributed by atoms with van der Waals surface area (Å²) in [7, 11) is 3.09. The van der Waals surface area contributed by atoms with Gasteiger partial charge in [-0.25, -0.2) is 0 Å². The van der Waals surface area contributed by atoms with Gasteiger partial charge in [-0.05, 0) is 30.3 Å². The molecule has 0 aromatic heterocycles. The van der Waals surface area contributed by atoms with Gasteiger partial charge in [0.1, 0.15) is 5.75 Å². The summed E-state index contributed by atoms with van der Waals surface area (Å²) in [4.78, 5) is 27.1. The number of nitrogens with zero attached hydrogens (tertiary/aromatic N) is 1. The lowest BCUT2D eigenvalue weighted by atomic mass is 9.96. The van der Waals surface area contributed by atoms with Crippen LogP contribution in [-0.4, -0.2) is 49.7 Å². The van der Waals surface area contributed by atoms with Crippen LogP contribution in [0.25, 0.3) is 0 Å². The van der Waals surface area contributed by atoms with Gasteiger partial charge in [0.15, 0.2) is 17.2 Å². The molecule has 0 saturated carbocycles. The fraction of sp³-hybridized carbons (Fsp3) is 0.333. The fourth-order valence-electron chi connectivity index (χ4n) is 3.70. The van der Waals surface area contributed by atoms with Crippen molar-refractivity contribution < 1.29 is 23.8 Å². The van der Waals surface area contributed by atoms with E-state index in [0.29, 0.717) is 54.3 Å². The molecule has 2 aliphatic rings. The number of likely N-dealkylation sites (tertiary alicyclic amines) is 1. The van der Waals surface area contributed by atoms with Gasteiger partial charge >= 0.3 is 0 Å². The zero-order valence-electron chi connectivity index (χ0n) is 15.9. The molecule has 7 heteroatoms. The molecule has 2 aromatic carbocycles. The maximum Gasteiger partial charge on any atom is 0.258 e. The number of carbonyl (C=O) groups excluding carboxylic acids is 2. The molecule has 1 fully saturated rings. The maximum absolute atomic E-state index is 12.9. The summed E-state index contributed by atoms with van der Waals surface area (Å²) in [5.41, 5.74) is 0.310. The fourth-order valence-corrected chi connectivity index (χ4v) is 3.70. The molecule has 7 nitrogen and oxygen atoms in total. The molecular weight excluding hydrogens is 360 g/mol. The van der Waals surface area contributed by atoms with E-state index in [0.717, 1.165) is 0 Å². The number of benzene rings is 2. The minimum atomic E-state index is -0.764. The molecule has 28 heavy (non-hydrogen) atoms. The largest absolute Gasteiger partial charge is 0.493 e. The molecule has 2 aliphatic heterocycles. The Hall–Kier alpha value is -3.22. The normalized spacial score (nSPS) is 17.4. The zero-order valence-corrected chi connectivity index (χ0v) is 15.9. The highest BCUT2D eigenvalue weighted by molar-refractivity contribution is 5.98. The zero-order chi connectivity index (χ0) is 19.7. The summed E-state index contributed by atoms with van der Waals surface area (Å²) in [6.45, 7) is 0.964. The van der Waals surface area contributed by atoms with Crippen molar-refractivity contribution in [3.05, 3.63) is 53.6 Å². The molecule has 0 atom stereocenters. The summed E-state index contributed by atoms with van der Waals surface area (Å²) >= 11 is 0. The second-order valence-corrected chi connectivity index (χ2v) is 6.91. The van der Waals surface area contributed by atoms with Crippen LogP contribution in [0.4, 0.5) is 0 Å². The molecule has 2 heterocycles. The van der Waals surface area contributed by atoms with Gasteiger partial charge in [0.25, 0.3) is 11.8 Å². The summed E-state index contributed by atoms with van der Waals surface area (Å²) < 4.78 is 16.6. The monoisotopic (exact) mass is 382 g/mol. The minimum absolute atomic E-state index is 0.0849. The molecule has 1 saturated heterocycles. The van der Waals surface area contributed by atoms with E-state index in [2.05, 4.69) is 5.32 Å². The average molecular weight is 382 g/mol. The van der Waals surface area contributed by atoms with Crippen LogP contribution in [-0.2, 0) is 0 Å². The quantitative estimate of drug-likeness (QED) is 0.882. The third-order valence-corrected chi connectivity index (χ3v) is 5.27. The van der Waals surface area contributed by atoms with Gasteiger partial charge < -0.3 is 24.4 Å². The second kappa shape index (κ2) is 7.07. The van der Waals surface area contributed by atoms with E-state index in [9.17, 15) is 9.59 Å².